The Labute approximate surface area is 144 Å². The van der Waals surface area contributed by atoms with Gasteiger partial charge in [0.25, 0.3) is 0 Å². The average Bonchev–Trinajstić information content (AvgIpc) is 2.51. The molecule has 0 aliphatic heterocycles. The van der Waals surface area contributed by atoms with Crippen molar-refractivity contribution in [1.29, 1.82) is 0 Å². The maximum Gasteiger partial charge on any atom is 0.338 e. The van der Waals surface area contributed by atoms with Crippen molar-refractivity contribution in [3.63, 3.8) is 0 Å². The molecule has 0 heterocycles. The van der Waals surface area contributed by atoms with Crippen LogP contribution in [0.3, 0.4) is 0 Å². The van der Waals surface area contributed by atoms with Gasteiger partial charge >= 0.3 is 5.97 Å². The van der Waals surface area contributed by atoms with Gasteiger partial charge in [0, 0.05) is 18.3 Å². The summed E-state index contributed by atoms with van der Waals surface area (Å²) in [6.07, 6.45) is 0. The zero-order valence-corrected chi connectivity index (χ0v) is 15.2. The minimum Gasteiger partial charge on any atom is -0.461 e. The lowest BCUT2D eigenvalue weighted by molar-refractivity contribution is 0.0466. The van der Waals surface area contributed by atoms with Crippen molar-refractivity contribution < 1.29 is 9.53 Å². The molecule has 0 atom stereocenters. The highest BCUT2D eigenvalue weighted by Gasteiger charge is 2.08. The first kappa shape index (κ1) is 19.4. The number of anilines is 1. The van der Waals surface area contributed by atoms with Crippen LogP contribution in [0.4, 0.5) is 5.69 Å². The first-order valence-corrected chi connectivity index (χ1v) is 8.44. The van der Waals surface area contributed by atoms with Crippen LogP contribution < -0.4 is 10.6 Å². The Kier molecular flexibility index (Phi) is 8.58. The smallest absolute Gasteiger partial charge is 0.338 e. The Bertz CT molecular complexity index is 499. The highest BCUT2D eigenvalue weighted by molar-refractivity contribution is 7.80. The zero-order valence-electron chi connectivity index (χ0n) is 14.4. The van der Waals surface area contributed by atoms with E-state index in [1.165, 1.54) is 0 Å². The molecule has 0 radical (unpaired) electrons. The standard InChI is InChI=1S/C17H27N3O2S/c1-5-20(6-2)11-12-22-16(21)14-7-9-15(10-8-14)19-17(23)18-13(3)4/h7-10,13H,5-6,11-12H2,1-4H3,(H2,18,19,23). The Balaban J connectivity index is 2.46. The third-order valence-electron chi connectivity index (χ3n) is 3.33. The molecular formula is C17H27N3O2S. The molecule has 5 nitrogen and oxygen atoms in total. The number of carbonyl (C=O) groups excluding carboxylic acids is 1. The Morgan fingerprint density at radius 2 is 1.83 bits per heavy atom. The molecule has 0 bridgehead atoms. The van der Waals surface area contributed by atoms with Crippen LogP contribution in [0, 0.1) is 0 Å². The number of carbonyl (C=O) groups is 1. The minimum absolute atomic E-state index is 0.273. The molecule has 1 aromatic rings. The average molecular weight is 337 g/mol. The molecule has 1 rings (SSSR count). The van der Waals surface area contributed by atoms with Gasteiger partial charge in [0.2, 0.25) is 0 Å². The molecule has 0 fully saturated rings. The van der Waals surface area contributed by atoms with E-state index in [4.69, 9.17) is 17.0 Å². The third-order valence-corrected chi connectivity index (χ3v) is 3.55. The number of nitrogens with zero attached hydrogens (tertiary/aromatic N) is 1. The van der Waals surface area contributed by atoms with Crippen LogP contribution in [-0.4, -0.2) is 48.3 Å². The largest absolute Gasteiger partial charge is 0.461 e. The first-order chi connectivity index (χ1) is 11.0. The number of benzene rings is 1. The molecule has 23 heavy (non-hydrogen) atoms. The molecule has 0 aliphatic rings. The van der Waals surface area contributed by atoms with Gasteiger partial charge in [-0.1, -0.05) is 13.8 Å². The van der Waals surface area contributed by atoms with Gasteiger partial charge < -0.3 is 20.3 Å². The minimum atomic E-state index is -0.299. The van der Waals surface area contributed by atoms with Gasteiger partial charge in [0.05, 0.1) is 5.56 Å². The molecule has 0 aliphatic carbocycles. The molecule has 0 spiro atoms. The summed E-state index contributed by atoms with van der Waals surface area (Å²) in [6, 6.07) is 7.38. The number of esters is 1. The second-order valence-corrected chi connectivity index (χ2v) is 5.90. The van der Waals surface area contributed by atoms with Gasteiger partial charge in [-0.2, -0.15) is 0 Å². The van der Waals surface area contributed by atoms with E-state index < -0.39 is 0 Å². The van der Waals surface area contributed by atoms with Gasteiger partial charge in [-0.3, -0.25) is 0 Å². The van der Waals surface area contributed by atoms with E-state index in [2.05, 4.69) is 29.4 Å². The first-order valence-electron chi connectivity index (χ1n) is 8.03. The predicted molar refractivity (Wildman–Crippen MR) is 99.0 cm³/mol. The van der Waals surface area contributed by atoms with Crippen LogP contribution in [0.15, 0.2) is 24.3 Å². The second kappa shape index (κ2) is 10.2. The van der Waals surface area contributed by atoms with Crippen molar-refractivity contribution in [2.45, 2.75) is 33.7 Å². The summed E-state index contributed by atoms with van der Waals surface area (Å²) in [4.78, 5) is 14.2. The number of hydrogen-bond donors (Lipinski definition) is 2. The molecule has 6 heteroatoms. The fourth-order valence-electron chi connectivity index (χ4n) is 2.01. The SMILES string of the molecule is CCN(CC)CCOC(=O)c1ccc(NC(=S)NC(C)C)cc1. The van der Waals surface area contributed by atoms with E-state index in [0.29, 0.717) is 17.3 Å². The summed E-state index contributed by atoms with van der Waals surface area (Å²) in [7, 11) is 0. The van der Waals surface area contributed by atoms with E-state index in [1.807, 2.05) is 26.0 Å². The fourth-order valence-corrected chi connectivity index (χ4v) is 2.36. The van der Waals surface area contributed by atoms with Crippen LogP contribution >= 0.6 is 12.2 Å². The number of nitrogens with one attached hydrogen (secondary N) is 2. The number of thiocarbonyl (C=S) groups is 1. The summed E-state index contributed by atoms with van der Waals surface area (Å²) in [5.41, 5.74) is 1.38. The number of likely N-dealkylation sites (N-methyl/N-ethyl adjacent to an activating group) is 1. The molecule has 2 N–H and O–H groups in total. The van der Waals surface area contributed by atoms with Crippen LogP contribution in [0.2, 0.25) is 0 Å². The highest BCUT2D eigenvalue weighted by atomic mass is 32.1. The second-order valence-electron chi connectivity index (χ2n) is 5.49. The number of ether oxygens (including phenoxy) is 1. The van der Waals surface area contributed by atoms with Gasteiger partial charge in [0.15, 0.2) is 5.11 Å². The van der Waals surface area contributed by atoms with E-state index in [-0.39, 0.29) is 12.0 Å². The van der Waals surface area contributed by atoms with E-state index in [1.54, 1.807) is 12.1 Å². The van der Waals surface area contributed by atoms with E-state index in [0.717, 1.165) is 25.3 Å². The Morgan fingerprint density at radius 3 is 2.35 bits per heavy atom. The van der Waals surface area contributed by atoms with Crippen molar-refractivity contribution in [3.8, 4) is 0 Å². The molecular weight excluding hydrogens is 310 g/mol. The molecule has 0 aromatic heterocycles. The summed E-state index contributed by atoms with van der Waals surface area (Å²) < 4.78 is 5.30. The van der Waals surface area contributed by atoms with Crippen molar-refractivity contribution in [3.05, 3.63) is 29.8 Å². The monoisotopic (exact) mass is 337 g/mol. The Hall–Kier alpha value is -1.66. The summed E-state index contributed by atoms with van der Waals surface area (Å²) in [6.45, 7) is 11.3. The molecule has 128 valence electrons. The molecule has 0 saturated carbocycles. The van der Waals surface area contributed by atoms with Gasteiger partial charge in [-0.15, -0.1) is 0 Å². The van der Waals surface area contributed by atoms with Crippen molar-refractivity contribution in [1.82, 2.24) is 10.2 Å². The quantitative estimate of drug-likeness (QED) is 0.562. The maximum atomic E-state index is 12.0. The van der Waals surface area contributed by atoms with Crippen molar-refractivity contribution >= 4 is 29.0 Å². The Morgan fingerprint density at radius 1 is 1.22 bits per heavy atom. The normalized spacial score (nSPS) is 10.7. The maximum absolute atomic E-state index is 12.0. The van der Waals surface area contributed by atoms with Crippen molar-refractivity contribution in [2.24, 2.45) is 0 Å². The number of hydrogen-bond acceptors (Lipinski definition) is 4. The lowest BCUT2D eigenvalue weighted by atomic mass is 10.2. The highest BCUT2D eigenvalue weighted by Crippen LogP contribution is 2.10. The van der Waals surface area contributed by atoms with Crippen LogP contribution in [0.25, 0.3) is 0 Å². The number of rotatable bonds is 8. The van der Waals surface area contributed by atoms with E-state index in [9.17, 15) is 4.79 Å². The van der Waals surface area contributed by atoms with Crippen LogP contribution in [0.5, 0.6) is 0 Å². The zero-order chi connectivity index (χ0) is 17.2. The fraction of sp³-hybridized carbons (Fsp3) is 0.529. The molecule has 0 unspecified atom stereocenters. The lowest BCUT2D eigenvalue weighted by Crippen LogP contribution is -2.33. The van der Waals surface area contributed by atoms with E-state index >= 15 is 0 Å². The topological polar surface area (TPSA) is 53.6 Å². The molecule has 0 amide bonds. The summed E-state index contributed by atoms with van der Waals surface area (Å²) in [5.74, 6) is -0.299. The van der Waals surface area contributed by atoms with Crippen LogP contribution in [-0.2, 0) is 4.74 Å². The van der Waals surface area contributed by atoms with Crippen LogP contribution in [0.1, 0.15) is 38.1 Å². The molecule has 0 saturated heterocycles. The van der Waals surface area contributed by atoms with Gasteiger partial charge in [-0.25, -0.2) is 4.79 Å². The van der Waals surface area contributed by atoms with Crippen molar-refractivity contribution in [2.75, 3.05) is 31.6 Å². The summed E-state index contributed by atoms with van der Waals surface area (Å²) in [5, 5.41) is 6.74. The molecule has 1 aromatic carbocycles. The lowest BCUT2D eigenvalue weighted by Gasteiger charge is -2.17. The predicted octanol–water partition coefficient (Wildman–Crippen LogP) is 2.88. The third kappa shape index (κ3) is 7.43. The van der Waals surface area contributed by atoms with Gasteiger partial charge in [0.1, 0.15) is 6.61 Å². The summed E-state index contributed by atoms with van der Waals surface area (Å²) >= 11 is 5.18. The van der Waals surface area contributed by atoms with Gasteiger partial charge in [-0.05, 0) is 63.4 Å².